The maximum atomic E-state index is 15.3. The quantitative estimate of drug-likeness (QED) is 0.797. The molecule has 0 radical (unpaired) electrons. The Labute approximate surface area is 167 Å². The van der Waals surface area contributed by atoms with Crippen molar-refractivity contribution in [1.29, 1.82) is 0 Å². The van der Waals surface area contributed by atoms with Gasteiger partial charge in [-0.05, 0) is 31.2 Å². The van der Waals surface area contributed by atoms with Crippen molar-refractivity contribution in [3.8, 4) is 5.75 Å². The highest BCUT2D eigenvalue weighted by atomic mass is 19.1. The monoisotopic (exact) mass is 403 g/mol. The molecule has 156 valence electrons. The molecule has 8 heteroatoms. The standard InChI is InChI=1S/C21H26FN3O4/c1-3-11-6-12(23)9-24(8-11)18-16(22)7-14-17(20(18)29-2)25(13-4-5-13)10-15(19(14)26)21(27)28/h7,10-13H,3-6,8-9,23H2,1-2H3,(H,27,28)/t11-,12-/m0/s1. The van der Waals surface area contributed by atoms with E-state index >= 15 is 4.39 Å². The third kappa shape index (κ3) is 3.35. The number of carbonyl (C=O) groups is 1. The fourth-order valence-electron chi connectivity index (χ4n) is 4.45. The van der Waals surface area contributed by atoms with Crippen LogP contribution in [0, 0.1) is 11.7 Å². The van der Waals surface area contributed by atoms with E-state index in [4.69, 9.17) is 10.5 Å². The number of methoxy groups -OCH3 is 1. The number of rotatable bonds is 5. The first-order valence-electron chi connectivity index (χ1n) is 10.0. The van der Waals surface area contributed by atoms with Crippen molar-refractivity contribution in [3.05, 3.63) is 33.9 Å². The molecule has 2 aliphatic rings. The lowest BCUT2D eigenvalue weighted by molar-refractivity contribution is 0.0695. The Bertz CT molecular complexity index is 1030. The van der Waals surface area contributed by atoms with E-state index in [1.54, 1.807) is 4.57 Å². The number of nitrogens with zero attached hydrogens (tertiary/aromatic N) is 2. The largest absolute Gasteiger partial charge is 0.492 e. The number of hydrogen-bond donors (Lipinski definition) is 2. The molecule has 1 aliphatic carbocycles. The first kappa shape index (κ1) is 19.7. The molecule has 0 spiro atoms. The zero-order chi connectivity index (χ0) is 20.9. The fourth-order valence-corrected chi connectivity index (χ4v) is 4.45. The molecular formula is C21H26FN3O4. The van der Waals surface area contributed by atoms with Gasteiger partial charge < -0.3 is 25.0 Å². The SMILES string of the molecule is CC[C@H]1C[C@H](N)CN(c2c(F)cc3c(=O)c(C(=O)O)cn(C4CC4)c3c2OC)C1. The molecule has 1 saturated carbocycles. The average Bonchev–Trinajstić information content (AvgIpc) is 3.52. The van der Waals surface area contributed by atoms with E-state index in [0.717, 1.165) is 31.7 Å². The molecular weight excluding hydrogens is 377 g/mol. The summed E-state index contributed by atoms with van der Waals surface area (Å²) in [6.45, 7) is 3.24. The molecule has 1 aromatic carbocycles. The van der Waals surface area contributed by atoms with Gasteiger partial charge in [-0.15, -0.1) is 0 Å². The van der Waals surface area contributed by atoms with E-state index in [1.807, 2.05) is 4.90 Å². The van der Waals surface area contributed by atoms with Crippen molar-refractivity contribution in [3.63, 3.8) is 0 Å². The van der Waals surface area contributed by atoms with Crippen LogP contribution in [0.4, 0.5) is 10.1 Å². The summed E-state index contributed by atoms with van der Waals surface area (Å²) in [5.74, 6) is -1.30. The number of aromatic nitrogens is 1. The van der Waals surface area contributed by atoms with Gasteiger partial charge in [-0.2, -0.15) is 0 Å². The number of hydrogen-bond acceptors (Lipinski definition) is 5. The van der Waals surface area contributed by atoms with E-state index in [-0.39, 0.29) is 28.8 Å². The number of anilines is 1. The van der Waals surface area contributed by atoms with E-state index in [2.05, 4.69) is 6.92 Å². The number of nitrogens with two attached hydrogens (primary N) is 1. The topological polar surface area (TPSA) is 97.8 Å². The smallest absolute Gasteiger partial charge is 0.341 e. The lowest BCUT2D eigenvalue weighted by atomic mass is 9.92. The van der Waals surface area contributed by atoms with Gasteiger partial charge in [0.25, 0.3) is 0 Å². The van der Waals surface area contributed by atoms with Crippen molar-refractivity contribution < 1.29 is 19.0 Å². The van der Waals surface area contributed by atoms with Crippen LogP contribution in [-0.4, -0.2) is 41.9 Å². The zero-order valence-corrected chi connectivity index (χ0v) is 16.7. The summed E-state index contributed by atoms with van der Waals surface area (Å²) in [6.07, 6.45) is 4.94. The van der Waals surface area contributed by atoms with Gasteiger partial charge in [-0.1, -0.05) is 13.3 Å². The van der Waals surface area contributed by atoms with Gasteiger partial charge >= 0.3 is 5.97 Å². The third-order valence-corrected chi connectivity index (χ3v) is 6.04. The Balaban J connectivity index is 1.99. The predicted molar refractivity (Wildman–Crippen MR) is 109 cm³/mol. The second-order valence-electron chi connectivity index (χ2n) is 8.13. The highest BCUT2D eigenvalue weighted by Gasteiger charge is 2.33. The van der Waals surface area contributed by atoms with Crippen LogP contribution < -0.4 is 20.8 Å². The number of carboxylic acid groups (broad SMARTS) is 1. The molecule has 0 unspecified atom stereocenters. The van der Waals surface area contributed by atoms with Crippen molar-refractivity contribution in [2.24, 2.45) is 11.7 Å². The van der Waals surface area contributed by atoms with Crippen molar-refractivity contribution in [2.45, 2.75) is 44.7 Å². The summed E-state index contributed by atoms with van der Waals surface area (Å²) in [7, 11) is 1.45. The molecule has 2 aromatic rings. The molecule has 1 aromatic heterocycles. The Morgan fingerprint density at radius 3 is 2.69 bits per heavy atom. The third-order valence-electron chi connectivity index (χ3n) is 6.04. The number of pyridine rings is 1. The lowest BCUT2D eigenvalue weighted by Crippen LogP contribution is -2.47. The van der Waals surface area contributed by atoms with E-state index in [0.29, 0.717) is 30.2 Å². The van der Waals surface area contributed by atoms with Gasteiger partial charge in [0, 0.05) is 31.4 Å². The molecule has 4 rings (SSSR count). The second kappa shape index (κ2) is 7.33. The number of aromatic carboxylic acids is 1. The van der Waals surface area contributed by atoms with Gasteiger partial charge in [-0.3, -0.25) is 4.79 Å². The molecule has 1 aliphatic heterocycles. The molecule has 2 fully saturated rings. The Morgan fingerprint density at radius 1 is 1.38 bits per heavy atom. The minimum atomic E-state index is -1.32. The van der Waals surface area contributed by atoms with Gasteiger partial charge in [0.2, 0.25) is 5.43 Å². The average molecular weight is 403 g/mol. The van der Waals surface area contributed by atoms with Crippen LogP contribution in [-0.2, 0) is 0 Å². The predicted octanol–water partition coefficient (Wildman–Crippen LogP) is 2.75. The summed E-state index contributed by atoms with van der Waals surface area (Å²) in [6, 6.07) is 1.16. The number of ether oxygens (including phenoxy) is 1. The number of benzene rings is 1. The molecule has 3 N–H and O–H groups in total. The van der Waals surface area contributed by atoms with E-state index in [9.17, 15) is 14.7 Å². The van der Waals surface area contributed by atoms with Gasteiger partial charge in [0.05, 0.1) is 18.0 Å². The number of carboxylic acids is 1. The van der Waals surface area contributed by atoms with Crippen LogP contribution in [0.15, 0.2) is 17.1 Å². The summed E-state index contributed by atoms with van der Waals surface area (Å²) in [4.78, 5) is 26.2. The van der Waals surface area contributed by atoms with Crippen LogP contribution in [0.3, 0.4) is 0 Å². The number of halogens is 1. The number of piperidine rings is 1. The lowest BCUT2D eigenvalue weighted by Gasteiger charge is -2.38. The second-order valence-corrected chi connectivity index (χ2v) is 8.13. The van der Waals surface area contributed by atoms with Gasteiger partial charge in [-0.25, -0.2) is 9.18 Å². The Morgan fingerprint density at radius 2 is 2.10 bits per heavy atom. The van der Waals surface area contributed by atoms with E-state index < -0.39 is 17.2 Å². The fraction of sp³-hybridized carbons (Fsp3) is 0.524. The first-order valence-corrected chi connectivity index (χ1v) is 10.0. The van der Waals surface area contributed by atoms with Crippen LogP contribution in [0.5, 0.6) is 5.75 Å². The summed E-state index contributed by atoms with van der Waals surface area (Å²) in [5.41, 5.74) is 5.92. The highest BCUT2D eigenvalue weighted by molar-refractivity contribution is 5.97. The maximum absolute atomic E-state index is 15.3. The molecule has 2 heterocycles. The molecule has 0 bridgehead atoms. The molecule has 0 amide bonds. The summed E-state index contributed by atoms with van der Waals surface area (Å²) < 4.78 is 22.7. The van der Waals surface area contributed by atoms with Gasteiger partial charge in [0.15, 0.2) is 11.6 Å². The Hall–Kier alpha value is -2.61. The maximum Gasteiger partial charge on any atom is 0.341 e. The molecule has 2 atom stereocenters. The summed E-state index contributed by atoms with van der Waals surface area (Å²) >= 11 is 0. The Kier molecular flexibility index (Phi) is 4.98. The normalized spacial score (nSPS) is 22.1. The minimum absolute atomic E-state index is 0.0308. The van der Waals surface area contributed by atoms with Crippen molar-refractivity contribution in [1.82, 2.24) is 4.57 Å². The minimum Gasteiger partial charge on any atom is -0.492 e. The van der Waals surface area contributed by atoms with E-state index in [1.165, 1.54) is 13.3 Å². The highest BCUT2D eigenvalue weighted by Crippen LogP contribution is 2.44. The molecule has 1 saturated heterocycles. The van der Waals surface area contributed by atoms with Crippen LogP contribution in [0.2, 0.25) is 0 Å². The van der Waals surface area contributed by atoms with Crippen molar-refractivity contribution in [2.75, 3.05) is 25.1 Å². The van der Waals surface area contributed by atoms with Crippen molar-refractivity contribution >= 4 is 22.6 Å². The zero-order valence-electron chi connectivity index (χ0n) is 16.7. The first-order chi connectivity index (χ1) is 13.8. The number of fused-ring (bicyclic) bond motifs is 1. The van der Waals surface area contributed by atoms with Gasteiger partial charge in [0.1, 0.15) is 11.3 Å². The van der Waals surface area contributed by atoms with Crippen LogP contribution in [0.25, 0.3) is 10.9 Å². The molecule has 7 nitrogen and oxygen atoms in total. The van der Waals surface area contributed by atoms with Crippen LogP contribution >= 0.6 is 0 Å². The molecule has 29 heavy (non-hydrogen) atoms. The summed E-state index contributed by atoms with van der Waals surface area (Å²) in [5, 5.41) is 9.46. The van der Waals surface area contributed by atoms with Crippen LogP contribution in [0.1, 0.15) is 49.0 Å².